The Balaban J connectivity index is 2.42. The van der Waals surface area contributed by atoms with Crippen LogP contribution < -0.4 is 5.32 Å². The zero-order valence-corrected chi connectivity index (χ0v) is 12.6. The Labute approximate surface area is 116 Å². The summed E-state index contributed by atoms with van der Waals surface area (Å²) in [7, 11) is 1.73. The van der Waals surface area contributed by atoms with Gasteiger partial charge in [0, 0.05) is 13.1 Å². The van der Waals surface area contributed by atoms with E-state index in [9.17, 15) is 9.90 Å². The summed E-state index contributed by atoms with van der Waals surface area (Å²) >= 11 is 0. The van der Waals surface area contributed by atoms with Crippen molar-refractivity contribution in [1.82, 2.24) is 10.2 Å². The highest BCUT2D eigenvalue weighted by atomic mass is 16.5. The Kier molecular flexibility index (Phi) is 6.23. The van der Waals surface area contributed by atoms with E-state index in [-0.39, 0.29) is 12.2 Å². The van der Waals surface area contributed by atoms with Crippen molar-refractivity contribution < 1.29 is 14.6 Å². The normalized spacial score (nSPS) is 28.0. The predicted octanol–water partition coefficient (Wildman–Crippen LogP) is 1.33. The highest BCUT2D eigenvalue weighted by molar-refractivity contribution is 5.78. The molecular formula is C14H28N2O3. The lowest BCUT2D eigenvalue weighted by Crippen LogP contribution is -2.51. The van der Waals surface area contributed by atoms with Gasteiger partial charge in [-0.3, -0.25) is 9.69 Å². The molecule has 1 aliphatic rings. The van der Waals surface area contributed by atoms with Crippen LogP contribution in [-0.2, 0) is 9.53 Å². The molecule has 1 unspecified atom stereocenters. The largest absolute Gasteiger partial charge is 0.480 e. The van der Waals surface area contributed by atoms with E-state index in [0.717, 1.165) is 26.1 Å². The number of hydrogen-bond donors (Lipinski definition) is 2. The van der Waals surface area contributed by atoms with Crippen LogP contribution in [0.2, 0.25) is 0 Å². The highest BCUT2D eigenvalue weighted by Gasteiger charge is 2.34. The van der Waals surface area contributed by atoms with E-state index in [1.54, 1.807) is 7.05 Å². The van der Waals surface area contributed by atoms with E-state index in [1.807, 2.05) is 6.92 Å². The zero-order valence-electron chi connectivity index (χ0n) is 12.6. The minimum Gasteiger partial charge on any atom is -0.480 e. The van der Waals surface area contributed by atoms with E-state index in [2.05, 4.69) is 24.1 Å². The lowest BCUT2D eigenvalue weighted by Gasteiger charge is -2.36. The molecule has 0 spiro atoms. The first-order valence-electron chi connectivity index (χ1n) is 7.23. The minimum absolute atomic E-state index is 0.267. The topological polar surface area (TPSA) is 61.8 Å². The quantitative estimate of drug-likeness (QED) is 0.732. The minimum atomic E-state index is -0.774. The first kappa shape index (κ1) is 16.4. The molecule has 5 nitrogen and oxygen atoms in total. The Morgan fingerprint density at radius 2 is 2.00 bits per heavy atom. The summed E-state index contributed by atoms with van der Waals surface area (Å²) in [5.41, 5.74) is -0.774. The SMILES string of the molecule is CCC(CCCN1C[C@@H](C)O[C@@H](C)C1)(NC)C(=O)O. The van der Waals surface area contributed by atoms with Gasteiger partial charge in [0.2, 0.25) is 0 Å². The van der Waals surface area contributed by atoms with E-state index < -0.39 is 11.5 Å². The van der Waals surface area contributed by atoms with Crippen molar-refractivity contribution in [3.05, 3.63) is 0 Å². The molecule has 1 rings (SSSR count). The second-order valence-electron chi connectivity index (χ2n) is 5.61. The molecule has 0 aromatic heterocycles. The van der Waals surface area contributed by atoms with Gasteiger partial charge in [0.05, 0.1) is 12.2 Å². The van der Waals surface area contributed by atoms with Gasteiger partial charge in [-0.25, -0.2) is 0 Å². The molecule has 0 amide bonds. The van der Waals surface area contributed by atoms with Crippen LogP contribution in [0, 0.1) is 0 Å². The van der Waals surface area contributed by atoms with Crippen LogP contribution in [0.3, 0.4) is 0 Å². The molecule has 1 fully saturated rings. The van der Waals surface area contributed by atoms with Gasteiger partial charge in [-0.2, -0.15) is 0 Å². The summed E-state index contributed by atoms with van der Waals surface area (Å²) < 4.78 is 5.70. The molecule has 0 aliphatic carbocycles. The smallest absolute Gasteiger partial charge is 0.323 e. The Bertz CT molecular complexity index is 282. The van der Waals surface area contributed by atoms with E-state index in [1.165, 1.54) is 0 Å². The molecule has 1 aliphatic heterocycles. The molecular weight excluding hydrogens is 244 g/mol. The summed E-state index contributed by atoms with van der Waals surface area (Å²) in [5.74, 6) is -0.749. The van der Waals surface area contributed by atoms with Gasteiger partial charge in [-0.15, -0.1) is 0 Å². The van der Waals surface area contributed by atoms with Gasteiger partial charge in [-0.05, 0) is 46.7 Å². The number of carbonyl (C=O) groups is 1. The highest BCUT2D eigenvalue weighted by Crippen LogP contribution is 2.19. The molecule has 5 heteroatoms. The van der Waals surface area contributed by atoms with Gasteiger partial charge in [0.25, 0.3) is 0 Å². The number of carboxylic acids is 1. The third-order valence-electron chi connectivity index (χ3n) is 4.06. The molecule has 0 aromatic carbocycles. The number of aliphatic carboxylic acids is 1. The fourth-order valence-corrected chi connectivity index (χ4v) is 2.92. The third kappa shape index (κ3) is 4.44. The van der Waals surface area contributed by atoms with E-state index in [0.29, 0.717) is 12.8 Å². The summed E-state index contributed by atoms with van der Waals surface area (Å²) in [6.45, 7) is 8.91. The first-order chi connectivity index (χ1) is 8.93. The first-order valence-corrected chi connectivity index (χ1v) is 7.23. The molecule has 2 N–H and O–H groups in total. The van der Waals surface area contributed by atoms with Crippen LogP contribution in [0.1, 0.15) is 40.0 Å². The number of nitrogens with one attached hydrogen (secondary N) is 1. The summed E-state index contributed by atoms with van der Waals surface area (Å²) in [5, 5.41) is 12.3. The number of likely N-dealkylation sites (N-methyl/N-ethyl adjacent to an activating group) is 1. The fraction of sp³-hybridized carbons (Fsp3) is 0.929. The number of rotatable bonds is 7. The number of morpholine rings is 1. The number of hydrogen-bond acceptors (Lipinski definition) is 4. The summed E-state index contributed by atoms with van der Waals surface area (Å²) in [6, 6.07) is 0. The summed E-state index contributed by atoms with van der Waals surface area (Å²) in [6.07, 6.45) is 2.69. The van der Waals surface area contributed by atoms with Crippen molar-refractivity contribution in [2.45, 2.75) is 57.8 Å². The maximum Gasteiger partial charge on any atom is 0.323 e. The number of nitrogens with zero attached hydrogens (tertiary/aromatic N) is 1. The average molecular weight is 272 g/mol. The van der Waals surface area contributed by atoms with Gasteiger partial charge in [-0.1, -0.05) is 6.92 Å². The second-order valence-corrected chi connectivity index (χ2v) is 5.61. The standard InChI is InChI=1S/C14H28N2O3/c1-5-14(15-4,13(17)18)7-6-8-16-9-11(2)19-12(3)10-16/h11-12,15H,5-10H2,1-4H3,(H,17,18)/t11-,12+,14?. The van der Waals surface area contributed by atoms with Gasteiger partial charge >= 0.3 is 5.97 Å². The predicted molar refractivity (Wildman–Crippen MR) is 75.4 cm³/mol. The summed E-state index contributed by atoms with van der Waals surface area (Å²) in [4.78, 5) is 13.7. The van der Waals surface area contributed by atoms with Crippen molar-refractivity contribution in [2.75, 3.05) is 26.7 Å². The molecule has 0 saturated carbocycles. The van der Waals surface area contributed by atoms with Gasteiger partial charge in [0.15, 0.2) is 0 Å². The monoisotopic (exact) mass is 272 g/mol. The Morgan fingerprint density at radius 1 is 1.42 bits per heavy atom. The average Bonchev–Trinajstić information content (AvgIpc) is 2.33. The second kappa shape index (κ2) is 7.22. The van der Waals surface area contributed by atoms with Crippen LogP contribution >= 0.6 is 0 Å². The van der Waals surface area contributed by atoms with Crippen LogP contribution in [0.25, 0.3) is 0 Å². The molecule has 0 bridgehead atoms. The number of ether oxygens (including phenoxy) is 1. The Hall–Kier alpha value is -0.650. The maximum atomic E-state index is 11.4. The van der Waals surface area contributed by atoms with Crippen LogP contribution in [0.5, 0.6) is 0 Å². The Morgan fingerprint density at radius 3 is 2.42 bits per heavy atom. The fourth-order valence-electron chi connectivity index (χ4n) is 2.92. The maximum absolute atomic E-state index is 11.4. The molecule has 112 valence electrons. The molecule has 1 heterocycles. The van der Waals surface area contributed by atoms with Gasteiger partial charge < -0.3 is 15.2 Å². The molecule has 1 saturated heterocycles. The van der Waals surface area contributed by atoms with Crippen LogP contribution in [0.4, 0.5) is 0 Å². The van der Waals surface area contributed by atoms with E-state index in [4.69, 9.17) is 4.74 Å². The lowest BCUT2D eigenvalue weighted by molar-refractivity contribution is -0.145. The van der Waals surface area contributed by atoms with Crippen molar-refractivity contribution >= 4 is 5.97 Å². The van der Waals surface area contributed by atoms with Crippen LogP contribution in [0.15, 0.2) is 0 Å². The molecule has 19 heavy (non-hydrogen) atoms. The van der Waals surface area contributed by atoms with Crippen molar-refractivity contribution in [3.63, 3.8) is 0 Å². The van der Waals surface area contributed by atoms with Crippen molar-refractivity contribution in [3.8, 4) is 0 Å². The third-order valence-corrected chi connectivity index (χ3v) is 4.06. The van der Waals surface area contributed by atoms with Crippen LogP contribution in [-0.4, -0.2) is 60.4 Å². The number of carboxylic acid groups (broad SMARTS) is 1. The molecule has 3 atom stereocenters. The van der Waals surface area contributed by atoms with Gasteiger partial charge in [0.1, 0.15) is 5.54 Å². The lowest BCUT2D eigenvalue weighted by atomic mass is 9.90. The van der Waals surface area contributed by atoms with Crippen molar-refractivity contribution in [1.29, 1.82) is 0 Å². The zero-order chi connectivity index (χ0) is 14.5. The molecule has 0 aromatic rings. The van der Waals surface area contributed by atoms with Crippen molar-refractivity contribution in [2.24, 2.45) is 0 Å². The van der Waals surface area contributed by atoms with E-state index >= 15 is 0 Å². The molecule has 0 radical (unpaired) electrons.